The van der Waals surface area contributed by atoms with Gasteiger partial charge >= 0.3 is 0 Å². The van der Waals surface area contributed by atoms with Gasteiger partial charge < -0.3 is 9.47 Å². The summed E-state index contributed by atoms with van der Waals surface area (Å²) >= 11 is 1.39. The molecule has 0 unspecified atom stereocenters. The molecule has 0 saturated heterocycles. The van der Waals surface area contributed by atoms with Gasteiger partial charge in [-0.15, -0.1) is 11.3 Å². The number of carbonyl (C=O) groups is 1. The lowest BCUT2D eigenvalue weighted by Crippen LogP contribution is -2.14. The van der Waals surface area contributed by atoms with E-state index in [9.17, 15) is 4.79 Å². The van der Waals surface area contributed by atoms with Crippen molar-refractivity contribution in [3.8, 4) is 11.5 Å². The lowest BCUT2D eigenvalue weighted by molar-refractivity contribution is 0.102. The molecule has 0 saturated carbocycles. The van der Waals surface area contributed by atoms with E-state index in [1.807, 2.05) is 19.2 Å². The molecule has 2 rings (SSSR count). The van der Waals surface area contributed by atoms with Crippen molar-refractivity contribution in [2.45, 2.75) is 13.8 Å². The summed E-state index contributed by atoms with van der Waals surface area (Å²) in [5.74, 6) is 0.945. The zero-order valence-corrected chi connectivity index (χ0v) is 12.6. The number of hydrogen-bond donors (Lipinski definition) is 1. The average molecular weight is 292 g/mol. The molecular weight excluding hydrogens is 276 g/mol. The number of hydrogen-bond acceptors (Lipinski definition) is 5. The molecule has 1 aromatic heterocycles. The Morgan fingerprint density at radius 3 is 2.55 bits per heavy atom. The fourth-order valence-electron chi connectivity index (χ4n) is 1.91. The number of carbonyl (C=O) groups excluding carboxylic acids is 1. The molecule has 1 heterocycles. The summed E-state index contributed by atoms with van der Waals surface area (Å²) in [7, 11) is 3.12. The zero-order chi connectivity index (χ0) is 14.7. The van der Waals surface area contributed by atoms with Gasteiger partial charge in [0.25, 0.3) is 5.91 Å². The predicted molar refractivity (Wildman–Crippen MR) is 79.1 cm³/mol. The number of nitrogens with one attached hydrogen (secondary N) is 1. The van der Waals surface area contributed by atoms with Gasteiger partial charge in [-0.25, -0.2) is 4.98 Å². The molecular formula is C14H16N2O3S. The smallest absolute Gasteiger partial charge is 0.261 e. The molecule has 6 heteroatoms. The Balaban J connectivity index is 2.32. The van der Waals surface area contributed by atoms with Gasteiger partial charge in [-0.2, -0.15) is 0 Å². The second kappa shape index (κ2) is 5.92. The Kier molecular flexibility index (Phi) is 4.24. The van der Waals surface area contributed by atoms with E-state index in [1.54, 1.807) is 19.2 Å². The third kappa shape index (κ3) is 2.75. The number of amides is 1. The van der Waals surface area contributed by atoms with Crippen molar-refractivity contribution in [1.82, 2.24) is 4.98 Å². The summed E-state index contributed by atoms with van der Waals surface area (Å²) in [5.41, 5.74) is 2.12. The first-order valence-electron chi connectivity index (χ1n) is 6.02. The van der Waals surface area contributed by atoms with Crippen LogP contribution in [0.1, 0.15) is 21.6 Å². The first kappa shape index (κ1) is 14.3. The molecule has 0 spiro atoms. The van der Waals surface area contributed by atoms with Crippen molar-refractivity contribution in [2.75, 3.05) is 19.5 Å². The van der Waals surface area contributed by atoms with Crippen LogP contribution in [0.25, 0.3) is 0 Å². The van der Waals surface area contributed by atoms with Crippen molar-refractivity contribution in [2.24, 2.45) is 0 Å². The van der Waals surface area contributed by atoms with Gasteiger partial charge in [-0.1, -0.05) is 0 Å². The largest absolute Gasteiger partial charge is 0.496 e. The Hall–Kier alpha value is -2.08. The van der Waals surface area contributed by atoms with Crippen molar-refractivity contribution in [1.29, 1.82) is 0 Å². The molecule has 1 aromatic carbocycles. The normalized spacial score (nSPS) is 10.2. The number of aromatic nitrogens is 1. The Bertz CT molecular complexity index is 637. The van der Waals surface area contributed by atoms with Crippen LogP contribution in [-0.2, 0) is 0 Å². The van der Waals surface area contributed by atoms with E-state index in [1.165, 1.54) is 18.4 Å². The van der Waals surface area contributed by atoms with Crippen LogP contribution in [0.2, 0.25) is 0 Å². The van der Waals surface area contributed by atoms with Gasteiger partial charge in [-0.3, -0.25) is 10.1 Å². The monoisotopic (exact) mass is 292 g/mol. The van der Waals surface area contributed by atoms with E-state index in [0.29, 0.717) is 22.2 Å². The molecule has 0 atom stereocenters. The number of methoxy groups -OCH3 is 2. The van der Waals surface area contributed by atoms with Gasteiger partial charge in [-0.05, 0) is 26.0 Å². The highest BCUT2D eigenvalue weighted by Crippen LogP contribution is 2.31. The molecule has 20 heavy (non-hydrogen) atoms. The zero-order valence-electron chi connectivity index (χ0n) is 11.8. The summed E-state index contributed by atoms with van der Waals surface area (Å²) in [6.45, 7) is 3.73. The van der Waals surface area contributed by atoms with Crippen LogP contribution in [0.3, 0.4) is 0 Å². The molecule has 0 fully saturated rings. The SMILES string of the molecule is COc1ccc(C(=O)Nc2nc(C)cs2)c(OC)c1C. The molecule has 0 aliphatic rings. The molecule has 1 N–H and O–H groups in total. The van der Waals surface area contributed by atoms with Crippen LogP contribution in [-0.4, -0.2) is 25.1 Å². The fraction of sp³-hybridized carbons (Fsp3) is 0.286. The lowest BCUT2D eigenvalue weighted by atomic mass is 10.1. The van der Waals surface area contributed by atoms with E-state index < -0.39 is 0 Å². The van der Waals surface area contributed by atoms with Crippen LogP contribution in [0.15, 0.2) is 17.5 Å². The van der Waals surface area contributed by atoms with E-state index in [2.05, 4.69) is 10.3 Å². The van der Waals surface area contributed by atoms with Crippen molar-refractivity contribution < 1.29 is 14.3 Å². The number of rotatable bonds is 4. The molecule has 0 bridgehead atoms. The minimum atomic E-state index is -0.248. The van der Waals surface area contributed by atoms with Crippen molar-refractivity contribution in [3.05, 3.63) is 34.3 Å². The van der Waals surface area contributed by atoms with E-state index in [-0.39, 0.29) is 5.91 Å². The lowest BCUT2D eigenvalue weighted by Gasteiger charge is -2.13. The molecule has 0 radical (unpaired) electrons. The second-order valence-electron chi connectivity index (χ2n) is 4.22. The van der Waals surface area contributed by atoms with Crippen LogP contribution in [0.5, 0.6) is 11.5 Å². The topological polar surface area (TPSA) is 60.5 Å². The van der Waals surface area contributed by atoms with E-state index in [4.69, 9.17) is 9.47 Å². The molecule has 5 nitrogen and oxygen atoms in total. The van der Waals surface area contributed by atoms with Crippen LogP contribution < -0.4 is 14.8 Å². The van der Waals surface area contributed by atoms with Crippen molar-refractivity contribution >= 4 is 22.4 Å². The average Bonchev–Trinajstić information content (AvgIpc) is 2.83. The van der Waals surface area contributed by atoms with Gasteiger partial charge in [0, 0.05) is 10.9 Å². The quantitative estimate of drug-likeness (QED) is 0.941. The molecule has 106 valence electrons. The predicted octanol–water partition coefficient (Wildman–Crippen LogP) is 3.03. The highest BCUT2D eigenvalue weighted by atomic mass is 32.1. The van der Waals surface area contributed by atoms with E-state index >= 15 is 0 Å². The van der Waals surface area contributed by atoms with Crippen LogP contribution >= 0.6 is 11.3 Å². The Morgan fingerprint density at radius 2 is 2.00 bits per heavy atom. The maximum absolute atomic E-state index is 12.3. The van der Waals surface area contributed by atoms with Crippen LogP contribution in [0, 0.1) is 13.8 Å². The highest BCUT2D eigenvalue weighted by molar-refractivity contribution is 7.13. The summed E-state index contributed by atoms with van der Waals surface area (Å²) < 4.78 is 10.5. The second-order valence-corrected chi connectivity index (χ2v) is 5.08. The first-order chi connectivity index (χ1) is 9.56. The maximum Gasteiger partial charge on any atom is 0.261 e. The molecule has 0 aliphatic carbocycles. The minimum Gasteiger partial charge on any atom is -0.496 e. The number of nitrogens with zero attached hydrogens (tertiary/aromatic N) is 1. The third-order valence-corrected chi connectivity index (χ3v) is 3.74. The van der Waals surface area contributed by atoms with Gasteiger partial charge in [0.2, 0.25) is 0 Å². The summed E-state index contributed by atoms with van der Waals surface area (Å²) in [6, 6.07) is 3.43. The summed E-state index contributed by atoms with van der Waals surface area (Å²) in [4.78, 5) is 16.5. The van der Waals surface area contributed by atoms with Crippen LogP contribution in [0.4, 0.5) is 5.13 Å². The van der Waals surface area contributed by atoms with Crippen molar-refractivity contribution in [3.63, 3.8) is 0 Å². The first-order valence-corrected chi connectivity index (χ1v) is 6.89. The number of ether oxygens (including phenoxy) is 2. The number of anilines is 1. The molecule has 2 aromatic rings. The standard InChI is InChI=1S/C14H16N2O3S/c1-8-7-20-14(15-8)16-13(17)10-5-6-11(18-3)9(2)12(10)19-4/h5-7H,1-4H3,(H,15,16,17). The summed E-state index contributed by atoms with van der Waals surface area (Å²) in [6.07, 6.45) is 0. The van der Waals surface area contributed by atoms with Gasteiger partial charge in [0.1, 0.15) is 11.5 Å². The fourth-order valence-corrected chi connectivity index (χ4v) is 2.60. The number of benzene rings is 1. The Labute approximate surface area is 121 Å². The molecule has 0 aliphatic heterocycles. The van der Waals surface area contributed by atoms with Gasteiger partial charge in [0.05, 0.1) is 25.5 Å². The number of aryl methyl sites for hydroxylation is 1. The maximum atomic E-state index is 12.3. The van der Waals surface area contributed by atoms with E-state index in [0.717, 1.165) is 11.3 Å². The molecule has 1 amide bonds. The van der Waals surface area contributed by atoms with Gasteiger partial charge in [0.15, 0.2) is 5.13 Å². The third-order valence-electron chi connectivity index (χ3n) is 2.86. The Morgan fingerprint density at radius 1 is 1.25 bits per heavy atom. The minimum absolute atomic E-state index is 0.248. The highest BCUT2D eigenvalue weighted by Gasteiger charge is 2.18. The summed E-state index contributed by atoms with van der Waals surface area (Å²) in [5, 5.41) is 5.22. The number of thiazole rings is 1.